The first kappa shape index (κ1) is 12.7. The summed E-state index contributed by atoms with van der Waals surface area (Å²) in [5.74, 6) is 1.43. The van der Waals surface area contributed by atoms with Gasteiger partial charge in [0.1, 0.15) is 5.75 Å². The lowest BCUT2D eigenvalue weighted by atomic mass is 9.94. The average Bonchev–Trinajstić information content (AvgIpc) is 2.51. The highest BCUT2D eigenvalue weighted by molar-refractivity contribution is 5.70. The number of anilines is 1. The molecule has 0 amide bonds. The van der Waals surface area contributed by atoms with E-state index in [2.05, 4.69) is 17.1 Å². The van der Waals surface area contributed by atoms with Gasteiger partial charge in [-0.1, -0.05) is 6.08 Å². The van der Waals surface area contributed by atoms with E-state index >= 15 is 0 Å². The molecule has 3 heteroatoms. The van der Waals surface area contributed by atoms with Gasteiger partial charge in [-0.2, -0.15) is 0 Å². The van der Waals surface area contributed by atoms with E-state index in [1.165, 1.54) is 18.4 Å². The number of aromatic nitrogens is 1. The molecule has 0 atom stereocenters. The Kier molecular flexibility index (Phi) is 3.68. The SMILES string of the molecule is Nc1ccc(Oc2ncccc2C2=CCCCC2)cc1. The Morgan fingerprint density at radius 1 is 1.05 bits per heavy atom. The molecule has 1 aliphatic carbocycles. The van der Waals surface area contributed by atoms with Crippen molar-refractivity contribution in [3.8, 4) is 11.6 Å². The summed E-state index contributed by atoms with van der Waals surface area (Å²) in [5, 5.41) is 0. The maximum absolute atomic E-state index is 5.91. The fourth-order valence-electron chi connectivity index (χ4n) is 2.45. The van der Waals surface area contributed by atoms with Gasteiger partial charge in [0.05, 0.1) is 0 Å². The van der Waals surface area contributed by atoms with Crippen LogP contribution in [-0.2, 0) is 0 Å². The van der Waals surface area contributed by atoms with E-state index < -0.39 is 0 Å². The lowest BCUT2D eigenvalue weighted by Crippen LogP contribution is -1.97. The Bertz CT molecular complexity index is 617. The minimum Gasteiger partial charge on any atom is -0.438 e. The third-order valence-corrected chi connectivity index (χ3v) is 3.50. The van der Waals surface area contributed by atoms with Crippen molar-refractivity contribution >= 4 is 11.3 Å². The van der Waals surface area contributed by atoms with Gasteiger partial charge in [-0.15, -0.1) is 0 Å². The summed E-state index contributed by atoms with van der Waals surface area (Å²) >= 11 is 0. The largest absolute Gasteiger partial charge is 0.438 e. The predicted molar refractivity (Wildman–Crippen MR) is 81.6 cm³/mol. The lowest BCUT2D eigenvalue weighted by molar-refractivity contribution is 0.461. The summed E-state index contributed by atoms with van der Waals surface area (Å²) < 4.78 is 5.91. The number of allylic oxidation sites excluding steroid dienone is 2. The highest BCUT2D eigenvalue weighted by Crippen LogP contribution is 2.33. The molecule has 0 radical (unpaired) electrons. The van der Waals surface area contributed by atoms with Crippen molar-refractivity contribution in [1.29, 1.82) is 0 Å². The predicted octanol–water partition coefficient (Wildman–Crippen LogP) is 4.41. The van der Waals surface area contributed by atoms with Crippen LogP contribution in [0.25, 0.3) is 5.57 Å². The number of nitrogens with two attached hydrogens (primary N) is 1. The van der Waals surface area contributed by atoms with Gasteiger partial charge in [-0.3, -0.25) is 0 Å². The third-order valence-electron chi connectivity index (χ3n) is 3.50. The molecule has 1 heterocycles. The molecule has 0 saturated heterocycles. The first-order valence-corrected chi connectivity index (χ1v) is 7.01. The Morgan fingerprint density at radius 2 is 1.90 bits per heavy atom. The van der Waals surface area contributed by atoms with Gasteiger partial charge in [0.15, 0.2) is 0 Å². The van der Waals surface area contributed by atoms with E-state index in [1.54, 1.807) is 6.20 Å². The van der Waals surface area contributed by atoms with Crippen molar-refractivity contribution < 1.29 is 4.74 Å². The summed E-state index contributed by atoms with van der Waals surface area (Å²) in [7, 11) is 0. The lowest BCUT2D eigenvalue weighted by Gasteiger charge is -2.15. The molecule has 0 fully saturated rings. The van der Waals surface area contributed by atoms with Crippen LogP contribution in [0.2, 0.25) is 0 Å². The summed E-state index contributed by atoms with van der Waals surface area (Å²) in [4.78, 5) is 4.38. The zero-order valence-electron chi connectivity index (χ0n) is 11.4. The smallest absolute Gasteiger partial charge is 0.226 e. The molecule has 0 spiro atoms. The molecule has 0 unspecified atom stereocenters. The fourth-order valence-corrected chi connectivity index (χ4v) is 2.45. The number of ether oxygens (including phenoxy) is 1. The summed E-state index contributed by atoms with van der Waals surface area (Å²) in [5.41, 5.74) is 8.86. The molecule has 1 aromatic carbocycles. The summed E-state index contributed by atoms with van der Waals surface area (Å²) in [6, 6.07) is 11.4. The van der Waals surface area contributed by atoms with E-state index in [-0.39, 0.29) is 0 Å². The van der Waals surface area contributed by atoms with Gasteiger partial charge >= 0.3 is 0 Å². The number of pyridine rings is 1. The minimum absolute atomic E-state index is 0.672. The Morgan fingerprint density at radius 3 is 2.65 bits per heavy atom. The van der Waals surface area contributed by atoms with Crippen molar-refractivity contribution in [2.45, 2.75) is 25.7 Å². The van der Waals surface area contributed by atoms with Crippen LogP contribution in [0.15, 0.2) is 48.7 Å². The van der Waals surface area contributed by atoms with Crippen LogP contribution in [-0.4, -0.2) is 4.98 Å². The number of nitrogen functional groups attached to an aromatic ring is 1. The highest BCUT2D eigenvalue weighted by atomic mass is 16.5. The van der Waals surface area contributed by atoms with Gasteiger partial charge < -0.3 is 10.5 Å². The number of nitrogens with zero attached hydrogens (tertiary/aromatic N) is 1. The highest BCUT2D eigenvalue weighted by Gasteiger charge is 2.12. The number of benzene rings is 1. The zero-order valence-corrected chi connectivity index (χ0v) is 11.4. The van der Waals surface area contributed by atoms with Crippen LogP contribution < -0.4 is 10.5 Å². The number of rotatable bonds is 3. The normalized spacial score (nSPS) is 14.7. The van der Waals surface area contributed by atoms with Crippen LogP contribution in [0.4, 0.5) is 5.69 Å². The Labute approximate surface area is 119 Å². The maximum Gasteiger partial charge on any atom is 0.226 e. The third kappa shape index (κ3) is 2.82. The maximum atomic E-state index is 5.91. The summed E-state index contributed by atoms with van der Waals surface area (Å²) in [6.07, 6.45) is 8.82. The van der Waals surface area contributed by atoms with Crippen molar-refractivity contribution in [3.63, 3.8) is 0 Å². The molecular weight excluding hydrogens is 248 g/mol. The van der Waals surface area contributed by atoms with E-state index in [0.717, 1.165) is 29.8 Å². The molecule has 20 heavy (non-hydrogen) atoms. The van der Waals surface area contributed by atoms with E-state index in [1.807, 2.05) is 30.3 Å². The van der Waals surface area contributed by atoms with E-state index in [4.69, 9.17) is 10.5 Å². The number of hydrogen-bond acceptors (Lipinski definition) is 3. The van der Waals surface area contributed by atoms with Crippen LogP contribution in [0.3, 0.4) is 0 Å². The Hall–Kier alpha value is -2.29. The van der Waals surface area contributed by atoms with Gasteiger partial charge in [-0.25, -0.2) is 4.98 Å². The molecule has 3 nitrogen and oxygen atoms in total. The first-order chi connectivity index (χ1) is 9.83. The molecular formula is C17H18N2O. The van der Waals surface area contributed by atoms with Crippen molar-refractivity contribution in [2.75, 3.05) is 5.73 Å². The molecule has 2 N–H and O–H groups in total. The van der Waals surface area contributed by atoms with Gasteiger partial charge in [-0.05, 0) is 67.7 Å². The zero-order chi connectivity index (χ0) is 13.8. The quantitative estimate of drug-likeness (QED) is 0.837. The second-order valence-corrected chi connectivity index (χ2v) is 5.00. The Balaban J connectivity index is 1.89. The molecule has 0 bridgehead atoms. The average molecular weight is 266 g/mol. The van der Waals surface area contributed by atoms with Crippen LogP contribution >= 0.6 is 0 Å². The molecule has 3 rings (SSSR count). The minimum atomic E-state index is 0.672. The van der Waals surface area contributed by atoms with E-state index in [9.17, 15) is 0 Å². The van der Waals surface area contributed by atoms with Crippen LogP contribution in [0.5, 0.6) is 11.6 Å². The molecule has 0 aliphatic heterocycles. The second-order valence-electron chi connectivity index (χ2n) is 5.00. The monoisotopic (exact) mass is 266 g/mol. The standard InChI is InChI=1S/C17H18N2O/c18-14-8-10-15(11-9-14)20-17-16(7-4-12-19-17)13-5-2-1-3-6-13/h4-5,7-12H,1-3,6,18H2. The van der Waals surface area contributed by atoms with Crippen molar-refractivity contribution in [1.82, 2.24) is 4.98 Å². The van der Waals surface area contributed by atoms with Gasteiger partial charge in [0.2, 0.25) is 5.88 Å². The fraction of sp³-hybridized carbons (Fsp3) is 0.235. The topological polar surface area (TPSA) is 48.1 Å². The second kappa shape index (κ2) is 5.78. The molecule has 1 aliphatic rings. The van der Waals surface area contributed by atoms with Crippen LogP contribution in [0.1, 0.15) is 31.2 Å². The first-order valence-electron chi connectivity index (χ1n) is 7.01. The molecule has 102 valence electrons. The molecule has 1 aromatic heterocycles. The van der Waals surface area contributed by atoms with Crippen molar-refractivity contribution in [3.05, 3.63) is 54.2 Å². The number of hydrogen-bond donors (Lipinski definition) is 1. The van der Waals surface area contributed by atoms with Crippen molar-refractivity contribution in [2.24, 2.45) is 0 Å². The van der Waals surface area contributed by atoms with Gasteiger partial charge in [0, 0.05) is 17.4 Å². The van der Waals surface area contributed by atoms with E-state index in [0.29, 0.717) is 5.88 Å². The summed E-state index contributed by atoms with van der Waals surface area (Å²) in [6.45, 7) is 0. The van der Waals surface area contributed by atoms with Gasteiger partial charge in [0.25, 0.3) is 0 Å². The molecule has 2 aromatic rings. The van der Waals surface area contributed by atoms with Crippen LogP contribution in [0, 0.1) is 0 Å². The molecule has 0 saturated carbocycles.